The largest absolute Gasteiger partial charge is 0.396 e. The first-order chi connectivity index (χ1) is 61.1. The summed E-state index contributed by atoms with van der Waals surface area (Å²) >= 11 is 11.0. The normalized spacial score (nSPS) is 42.4. The molecule has 0 radical (unpaired) electrons. The van der Waals surface area contributed by atoms with Crippen molar-refractivity contribution >= 4 is 48.8 Å². The summed E-state index contributed by atoms with van der Waals surface area (Å²) in [6, 6.07) is -2.57. The summed E-state index contributed by atoms with van der Waals surface area (Å²) in [7, 11) is 17.8. The Morgan fingerprint density at radius 1 is 0.286 bits per heavy atom. The molecule has 40 nitrogen and oxygen atoms in total. The summed E-state index contributed by atoms with van der Waals surface area (Å²) < 4.78 is 149. The number of hydrogen-bond donors (Lipinski definition) is 18. The highest BCUT2D eigenvalue weighted by Gasteiger charge is 2.61. The van der Waals surface area contributed by atoms with E-state index in [1.807, 2.05) is 6.92 Å². The molecule has 2 saturated carbocycles. The van der Waals surface area contributed by atoms with Crippen LogP contribution in [0.25, 0.3) is 0 Å². The highest BCUT2D eigenvalue weighted by atomic mass is 32.2. The maximum atomic E-state index is 11.6. The Kier molecular flexibility index (Phi) is 53.0. The van der Waals surface area contributed by atoms with Crippen LogP contribution in [0.15, 0.2) is 0 Å². The molecule has 0 bridgehead atoms. The Morgan fingerprint density at radius 3 is 1.12 bits per heavy atom. The minimum Gasteiger partial charge on any atom is -0.396 e. The fourth-order valence-electron chi connectivity index (χ4n) is 20.4. The van der Waals surface area contributed by atoms with E-state index in [-0.39, 0.29) is 96.5 Å². The summed E-state index contributed by atoms with van der Waals surface area (Å²) in [5.41, 5.74) is 0. The Bertz CT molecular complexity index is 2670. The second kappa shape index (κ2) is 59.2. The lowest BCUT2D eigenvalue weighted by molar-refractivity contribution is -0.369. The molecule has 0 aromatic heterocycles. The van der Waals surface area contributed by atoms with Crippen LogP contribution in [0.3, 0.4) is 0 Å². The second-order valence-corrected chi connectivity index (χ2v) is 36.4. The lowest BCUT2D eigenvalue weighted by atomic mass is 9.67. The molecule has 0 amide bonds. The molecule has 6 heterocycles. The fraction of sp³-hybridized carbons (Fsp3) is 1.00. The van der Waals surface area contributed by atoms with Gasteiger partial charge in [-0.2, -0.15) is 48.8 Å². The van der Waals surface area contributed by atoms with Crippen molar-refractivity contribution in [1.82, 2.24) is 10.6 Å². The molecule has 744 valence electrons. The first kappa shape index (κ1) is 113. The van der Waals surface area contributed by atoms with Gasteiger partial charge in [-0.1, -0.05) is 0 Å². The summed E-state index contributed by atoms with van der Waals surface area (Å²) in [5.74, 6) is -5.31. The number of thioether (sulfide) groups is 2. The van der Waals surface area contributed by atoms with Crippen LogP contribution in [0, 0.1) is 65.1 Å². The number of ether oxygens (including phenoxy) is 24. The molecule has 126 heavy (non-hydrogen) atoms. The Hall–Kier alpha value is -0.200. The summed E-state index contributed by atoms with van der Waals surface area (Å²) in [6.07, 6.45) is -24.6. The summed E-state index contributed by atoms with van der Waals surface area (Å²) in [5, 5.41) is 160. The van der Waals surface area contributed by atoms with Gasteiger partial charge in [0.2, 0.25) is 0 Å². The van der Waals surface area contributed by atoms with Crippen molar-refractivity contribution in [3.05, 3.63) is 0 Å². The van der Waals surface area contributed by atoms with Crippen LogP contribution in [0.2, 0.25) is 0 Å². The lowest BCUT2D eigenvalue weighted by Crippen LogP contribution is -2.70. The third kappa shape index (κ3) is 27.7. The highest BCUT2D eigenvalue weighted by molar-refractivity contribution is 8.00. The first-order valence-electron chi connectivity index (χ1n) is 43.7. The van der Waals surface area contributed by atoms with E-state index in [0.717, 1.165) is 24.7 Å². The van der Waals surface area contributed by atoms with E-state index in [4.69, 9.17) is 114 Å². The number of nitrogens with one attached hydrogen (secondary N) is 2. The molecule has 0 spiro atoms. The van der Waals surface area contributed by atoms with Gasteiger partial charge >= 0.3 is 0 Å². The molecule has 16 N–H and O–H groups in total. The van der Waals surface area contributed by atoms with Crippen molar-refractivity contribution < 1.29 is 185 Å². The van der Waals surface area contributed by atoms with Crippen LogP contribution in [0.4, 0.5) is 0 Å². The zero-order chi connectivity index (χ0) is 92.4. The number of thiol groups is 2. The van der Waals surface area contributed by atoms with E-state index in [1.54, 1.807) is 51.8 Å². The molecule has 8 rings (SSSR count). The molecule has 6 aliphatic heterocycles. The minimum atomic E-state index is -1.45. The number of hydrogen-bond acceptors (Lipinski definition) is 44. The number of methoxy groups -OCH3 is 12. The SMILES string of the molecule is COCC1OC(O)C(CO)[C@@H](OC)[C@@H]1O[C@H]1OC(COC)[C@@H](O[C@H]2OC(C)[C@@H](N[C@H]3C(SCCOCCSC4C(CCO)[C@H](CO)[C@@H](CO)C(OC)[C@@H]4N[C@H]4C(C)O[C@@H](O[C@H]5C(CCO)O[C@@H](O[C@H]6C(CCO)OC(O)C(OC)[C@@H]6CO)C(OC)[C@@H]5CO)C(OC)[C@@H]4CO)C(COC)[C@@H](OC)[C@H](OC)C3CO)[C@H](OC)C2CO)[C@H](OC)C1CO.SCCOCCS. The Morgan fingerprint density at radius 2 is 0.643 bits per heavy atom. The molecular weight excluding hydrogens is 1750 g/mol. The van der Waals surface area contributed by atoms with Crippen molar-refractivity contribution in [2.45, 2.75) is 221 Å². The minimum absolute atomic E-state index is 0.00978. The van der Waals surface area contributed by atoms with Crippen LogP contribution in [-0.2, 0) is 114 Å². The van der Waals surface area contributed by atoms with E-state index >= 15 is 0 Å². The molecule has 44 heteroatoms. The molecule has 8 aliphatic rings. The van der Waals surface area contributed by atoms with Gasteiger partial charge in [0.05, 0.1) is 190 Å². The number of aliphatic hydroxyl groups excluding tert-OH is 14. The molecule has 2 aliphatic carbocycles. The third-order valence-corrected chi connectivity index (χ3v) is 29.6. The maximum absolute atomic E-state index is 11.6. The first-order valence-corrected chi connectivity index (χ1v) is 47.0. The monoisotopic (exact) mass is 1900 g/mol. The van der Waals surface area contributed by atoms with E-state index in [9.17, 15) is 71.5 Å². The van der Waals surface area contributed by atoms with Gasteiger partial charge in [-0.15, -0.1) is 0 Å². The average Bonchev–Trinajstić information content (AvgIpc) is 0.749. The summed E-state index contributed by atoms with van der Waals surface area (Å²) in [6.45, 7) is 0.725. The van der Waals surface area contributed by atoms with Gasteiger partial charge in [0.25, 0.3) is 0 Å². The molecule has 0 aromatic carbocycles. The second-order valence-electron chi connectivity index (χ2n) is 33.0. The van der Waals surface area contributed by atoms with E-state index < -0.39 is 289 Å². The highest BCUT2D eigenvalue weighted by Crippen LogP contribution is 2.48. The van der Waals surface area contributed by atoms with Crippen molar-refractivity contribution in [3.8, 4) is 0 Å². The van der Waals surface area contributed by atoms with Crippen molar-refractivity contribution in [2.75, 3.05) is 234 Å². The molecule has 8 fully saturated rings. The summed E-state index contributed by atoms with van der Waals surface area (Å²) in [4.78, 5) is 0. The van der Waals surface area contributed by atoms with Crippen LogP contribution < -0.4 is 10.6 Å². The number of rotatable bonds is 54. The average molecular weight is 1900 g/mol. The van der Waals surface area contributed by atoms with Gasteiger partial charge < -0.3 is 196 Å². The predicted molar refractivity (Wildman–Crippen MR) is 461 cm³/mol. The van der Waals surface area contributed by atoms with Crippen LogP contribution >= 0.6 is 48.8 Å². The van der Waals surface area contributed by atoms with Crippen LogP contribution in [-0.4, -0.2) is 494 Å². The van der Waals surface area contributed by atoms with Gasteiger partial charge in [-0.3, -0.25) is 0 Å². The lowest BCUT2D eigenvalue weighted by Gasteiger charge is -2.54. The topological polar surface area (TPSA) is 529 Å². The zero-order valence-electron chi connectivity index (χ0n) is 75.4. The maximum Gasteiger partial charge on any atom is 0.185 e. The Balaban J connectivity index is 0.00000298. The van der Waals surface area contributed by atoms with Gasteiger partial charge in [0.1, 0.15) is 42.7 Å². The van der Waals surface area contributed by atoms with Crippen molar-refractivity contribution in [1.29, 1.82) is 0 Å². The fourth-order valence-corrected chi connectivity index (χ4v) is 23.6. The van der Waals surface area contributed by atoms with Gasteiger partial charge in [-0.05, 0) is 44.9 Å². The van der Waals surface area contributed by atoms with E-state index in [0.29, 0.717) is 11.5 Å². The van der Waals surface area contributed by atoms with Crippen LogP contribution in [0.1, 0.15) is 33.1 Å². The van der Waals surface area contributed by atoms with Crippen molar-refractivity contribution in [3.63, 3.8) is 0 Å². The quantitative estimate of drug-likeness (QED) is 0.0202. The molecule has 6 saturated heterocycles. The smallest absolute Gasteiger partial charge is 0.185 e. The van der Waals surface area contributed by atoms with Crippen LogP contribution in [0.5, 0.6) is 0 Å². The van der Waals surface area contributed by atoms with Gasteiger partial charge in [-0.25, -0.2) is 0 Å². The van der Waals surface area contributed by atoms with E-state index in [2.05, 4.69) is 35.9 Å². The molecular formula is C82H154N2O38S4. The van der Waals surface area contributed by atoms with E-state index in [1.165, 1.54) is 64.0 Å². The Labute approximate surface area is 761 Å². The molecule has 0 aromatic rings. The standard InChI is InChI=1S/C78H144N2O37S2.C4H10OS2/c1-37-54(42(27-86)67(105-13)77(109-37)114-59-45(30-89)68(106-14)78(112-51(59)17-20-83)115-58-44(29-88)66(104-12)74(94)110-50(58)16-19-82)79-57-60(98-6)41(26-85)40(25-84)39(15-18-81)71(57)118-23-21-107-22-24-119-72-49(34-95-3)65(103-11)62(100-8)43(28-87)56(72)80-55-38(2)108-75(47(32-91)61(55)99-7)116-70-53(36-97-5)113-76(48(33-92)64(70)102-10)117-69-52(35-96-4)111-73(93)46(31-90)63(69)101-9;6-3-1-5-2-4-7/h37-94H,15-36H2,1-14H3;6-7H,1-4H2/t37?,38?,39?,40-,41+,42+,43?,44+,45+,46?,47?,48?,49?,50?,51?,52?,53?,54-,55+,56+,57-,58+,59+,60?,61+,62+,63+,64+,65+,66?,67?,68?,69+,70+,71?,72?,73?,74?,75+,76+,77-,78-;/m0./s1. The molecule has 42 atom stereocenters. The third-order valence-electron chi connectivity index (χ3n) is 26.3. The zero-order valence-corrected chi connectivity index (χ0v) is 78.8. The van der Waals surface area contributed by atoms with Gasteiger partial charge in [0, 0.05) is 205 Å². The van der Waals surface area contributed by atoms with Crippen molar-refractivity contribution in [2.24, 2.45) is 65.1 Å². The number of aliphatic hydroxyl groups is 14. The molecule has 20 unspecified atom stereocenters. The van der Waals surface area contributed by atoms with Gasteiger partial charge in [0.15, 0.2) is 37.7 Å². The predicted octanol–water partition coefficient (Wildman–Crippen LogP) is -4.41.